The lowest BCUT2D eigenvalue weighted by atomic mass is 9.99. The van der Waals surface area contributed by atoms with Gasteiger partial charge in [-0.05, 0) is 41.8 Å². The molecule has 39 heavy (non-hydrogen) atoms. The number of amides is 1. The van der Waals surface area contributed by atoms with Gasteiger partial charge in [0.2, 0.25) is 11.8 Å². The summed E-state index contributed by atoms with van der Waals surface area (Å²) in [5.41, 5.74) is 4.14. The predicted molar refractivity (Wildman–Crippen MR) is 152 cm³/mol. The van der Waals surface area contributed by atoms with Crippen molar-refractivity contribution < 1.29 is 24.5 Å². The summed E-state index contributed by atoms with van der Waals surface area (Å²) in [6.45, 7) is 4.94. The summed E-state index contributed by atoms with van der Waals surface area (Å²) in [6, 6.07) is 13.5. The van der Waals surface area contributed by atoms with Gasteiger partial charge in [0.1, 0.15) is 0 Å². The number of hydrogen-bond donors (Lipinski definition) is 3. The molecule has 0 aliphatic carbocycles. The van der Waals surface area contributed by atoms with Crippen LogP contribution in [0.15, 0.2) is 53.4 Å². The number of ether oxygens (including phenoxy) is 1. The van der Waals surface area contributed by atoms with Gasteiger partial charge >= 0.3 is 5.97 Å². The van der Waals surface area contributed by atoms with Crippen LogP contribution in [0.1, 0.15) is 22.8 Å². The van der Waals surface area contributed by atoms with Gasteiger partial charge in [-0.1, -0.05) is 18.2 Å². The number of piperazine rings is 1. The quantitative estimate of drug-likeness (QED) is 0.347. The number of aliphatic hydroxyl groups is 1. The number of rotatable bonds is 9. The highest BCUT2D eigenvalue weighted by Crippen LogP contribution is 2.32. The minimum atomic E-state index is -1.02. The maximum absolute atomic E-state index is 11.7. The summed E-state index contributed by atoms with van der Waals surface area (Å²) in [5, 5.41) is 24.0. The average Bonchev–Trinajstić information content (AvgIpc) is 2.94. The first-order chi connectivity index (χ1) is 18.9. The Bertz CT molecular complexity index is 1400. The molecule has 2 aromatic carbocycles. The minimum Gasteiger partial charge on any atom is -0.481 e. The highest BCUT2D eigenvalue weighted by Gasteiger charge is 2.22. The van der Waals surface area contributed by atoms with E-state index in [0.717, 1.165) is 61.2 Å². The lowest BCUT2D eigenvalue weighted by Gasteiger charge is -2.35. The highest BCUT2D eigenvalue weighted by molar-refractivity contribution is 8.00. The Balaban J connectivity index is 1.19. The standard InChI is InChI=1S/C29H32N4O5S/c1-38-27-8-6-21-20(4-9-28(36)37)3-5-22(29(21)31-27)24(34)17-33-14-12-32(13-15-33)11-10-19-2-7-25-23(16-19)30-26(35)18-39-25/h2-9,16,24,34H,10-15,17-18H2,1H3,(H,30,35)(H,36,37)/b9-4+. The molecular weight excluding hydrogens is 516 g/mol. The number of carboxylic acid groups (broad SMARTS) is 1. The summed E-state index contributed by atoms with van der Waals surface area (Å²) >= 11 is 1.58. The van der Waals surface area contributed by atoms with Crippen molar-refractivity contribution in [2.24, 2.45) is 0 Å². The van der Waals surface area contributed by atoms with Crippen LogP contribution < -0.4 is 10.1 Å². The first-order valence-electron chi connectivity index (χ1n) is 13.0. The zero-order valence-electron chi connectivity index (χ0n) is 21.8. The summed E-state index contributed by atoms with van der Waals surface area (Å²) in [4.78, 5) is 33.1. The second-order valence-electron chi connectivity index (χ2n) is 9.74. The van der Waals surface area contributed by atoms with Crippen molar-refractivity contribution in [3.63, 3.8) is 0 Å². The minimum absolute atomic E-state index is 0.0526. The van der Waals surface area contributed by atoms with Crippen LogP contribution in [0.4, 0.5) is 5.69 Å². The summed E-state index contributed by atoms with van der Waals surface area (Å²) < 4.78 is 5.30. The molecule has 1 saturated heterocycles. The second-order valence-corrected chi connectivity index (χ2v) is 10.8. The van der Waals surface area contributed by atoms with Crippen LogP contribution in [0.2, 0.25) is 0 Å². The largest absolute Gasteiger partial charge is 0.481 e. The number of aliphatic hydroxyl groups excluding tert-OH is 1. The number of thioether (sulfide) groups is 1. The Morgan fingerprint density at radius 2 is 1.95 bits per heavy atom. The summed E-state index contributed by atoms with van der Waals surface area (Å²) in [7, 11) is 1.54. The molecule has 1 unspecified atom stereocenters. The number of aliphatic carboxylic acids is 1. The van der Waals surface area contributed by atoms with E-state index in [1.165, 1.54) is 11.6 Å². The van der Waals surface area contributed by atoms with Gasteiger partial charge in [-0.25, -0.2) is 9.78 Å². The molecule has 10 heteroatoms. The molecule has 3 N–H and O–H groups in total. The van der Waals surface area contributed by atoms with E-state index in [1.54, 1.807) is 24.9 Å². The van der Waals surface area contributed by atoms with E-state index < -0.39 is 12.1 Å². The Morgan fingerprint density at radius 1 is 1.15 bits per heavy atom. The van der Waals surface area contributed by atoms with Gasteiger partial charge in [0, 0.05) is 67.3 Å². The third-order valence-electron chi connectivity index (χ3n) is 7.16. The van der Waals surface area contributed by atoms with Crippen LogP contribution in [0, 0.1) is 0 Å². The average molecular weight is 549 g/mol. The maximum atomic E-state index is 11.7. The van der Waals surface area contributed by atoms with Gasteiger partial charge in [-0.2, -0.15) is 0 Å². The smallest absolute Gasteiger partial charge is 0.328 e. The van der Waals surface area contributed by atoms with Gasteiger partial charge in [-0.15, -0.1) is 11.8 Å². The van der Waals surface area contributed by atoms with Crippen LogP contribution in [0.5, 0.6) is 5.88 Å². The molecule has 1 atom stereocenters. The highest BCUT2D eigenvalue weighted by atomic mass is 32.2. The number of fused-ring (bicyclic) bond motifs is 2. The molecule has 2 aliphatic rings. The topological polar surface area (TPSA) is 115 Å². The van der Waals surface area contributed by atoms with E-state index >= 15 is 0 Å². The van der Waals surface area contributed by atoms with Crippen molar-refractivity contribution in [2.75, 3.05) is 57.4 Å². The molecule has 0 saturated carbocycles. The van der Waals surface area contributed by atoms with Gasteiger partial charge in [0.05, 0.1) is 30.2 Å². The zero-order chi connectivity index (χ0) is 27.4. The molecule has 1 fully saturated rings. The Hall–Kier alpha value is -3.44. The monoisotopic (exact) mass is 548 g/mol. The SMILES string of the molecule is COc1ccc2c(/C=C/C(=O)O)ccc(C(O)CN3CCN(CCc4ccc5c(c4)NC(=O)CS5)CC3)c2n1. The van der Waals surface area contributed by atoms with Crippen molar-refractivity contribution in [2.45, 2.75) is 17.4 Å². The third kappa shape index (κ3) is 6.59. The molecule has 0 radical (unpaired) electrons. The zero-order valence-corrected chi connectivity index (χ0v) is 22.6. The molecule has 3 aromatic rings. The lowest BCUT2D eigenvalue weighted by molar-refractivity contribution is -0.131. The number of aromatic nitrogens is 1. The number of carboxylic acids is 1. The number of hydrogen-bond acceptors (Lipinski definition) is 8. The molecule has 1 amide bonds. The van der Waals surface area contributed by atoms with E-state index in [9.17, 15) is 14.7 Å². The van der Waals surface area contributed by atoms with Gasteiger partial charge < -0.3 is 25.2 Å². The van der Waals surface area contributed by atoms with Crippen molar-refractivity contribution in [3.05, 3.63) is 65.2 Å². The van der Waals surface area contributed by atoms with Crippen LogP contribution in [-0.2, 0) is 16.0 Å². The van der Waals surface area contributed by atoms with Gasteiger partial charge in [-0.3, -0.25) is 9.69 Å². The number of benzene rings is 2. The molecule has 204 valence electrons. The third-order valence-corrected chi connectivity index (χ3v) is 8.23. The van der Waals surface area contributed by atoms with E-state index in [2.05, 4.69) is 38.3 Å². The fourth-order valence-electron chi connectivity index (χ4n) is 5.04. The number of pyridine rings is 1. The molecule has 3 heterocycles. The van der Waals surface area contributed by atoms with E-state index in [0.29, 0.717) is 34.8 Å². The Morgan fingerprint density at radius 3 is 2.72 bits per heavy atom. The molecule has 0 bridgehead atoms. The summed E-state index contributed by atoms with van der Waals surface area (Å²) in [5.74, 6) is -0.0641. The predicted octanol–water partition coefficient (Wildman–Crippen LogP) is 3.28. The van der Waals surface area contributed by atoms with Crippen molar-refractivity contribution >= 4 is 46.3 Å². The van der Waals surface area contributed by atoms with Gasteiger partial charge in [0.25, 0.3) is 0 Å². The second kappa shape index (κ2) is 12.2. The first-order valence-corrected chi connectivity index (χ1v) is 13.9. The number of anilines is 1. The van der Waals surface area contributed by atoms with Gasteiger partial charge in [0.15, 0.2) is 0 Å². The number of methoxy groups -OCH3 is 1. The Kier molecular flexibility index (Phi) is 8.47. The van der Waals surface area contributed by atoms with Crippen LogP contribution in [0.3, 0.4) is 0 Å². The van der Waals surface area contributed by atoms with Crippen LogP contribution in [-0.4, -0.2) is 89.0 Å². The summed E-state index contributed by atoms with van der Waals surface area (Å²) in [6.07, 6.45) is 2.79. The Labute approximate surface area is 231 Å². The normalized spacial score (nSPS) is 17.2. The number of carbonyl (C=O) groups is 2. The van der Waals surface area contributed by atoms with Crippen LogP contribution >= 0.6 is 11.8 Å². The first kappa shape index (κ1) is 27.1. The fourth-order valence-corrected chi connectivity index (χ4v) is 5.83. The number of carbonyl (C=O) groups excluding carboxylic acids is 1. The van der Waals surface area contributed by atoms with Crippen molar-refractivity contribution in [1.82, 2.24) is 14.8 Å². The molecule has 2 aliphatic heterocycles. The van der Waals surface area contributed by atoms with Crippen LogP contribution in [0.25, 0.3) is 17.0 Å². The van der Waals surface area contributed by atoms with E-state index in [1.807, 2.05) is 18.2 Å². The molecule has 5 rings (SSSR count). The number of nitrogens with zero attached hydrogens (tertiary/aromatic N) is 3. The lowest BCUT2D eigenvalue weighted by Crippen LogP contribution is -2.47. The molecule has 9 nitrogen and oxygen atoms in total. The molecule has 1 aromatic heterocycles. The number of nitrogens with one attached hydrogen (secondary N) is 1. The van der Waals surface area contributed by atoms with E-state index in [-0.39, 0.29) is 5.91 Å². The number of β-amino-alcohol motifs (C(OH)–C–C–N with tert-alkyl or cyclic N) is 1. The molecule has 0 spiro atoms. The van der Waals surface area contributed by atoms with E-state index in [4.69, 9.17) is 9.84 Å². The fraction of sp³-hybridized carbons (Fsp3) is 0.345. The molecular formula is C29H32N4O5S. The van der Waals surface area contributed by atoms with Crippen molar-refractivity contribution in [1.29, 1.82) is 0 Å². The van der Waals surface area contributed by atoms with Crippen molar-refractivity contribution in [3.8, 4) is 5.88 Å². The maximum Gasteiger partial charge on any atom is 0.328 e.